The highest BCUT2D eigenvalue weighted by atomic mass is 16.5. The Hall–Kier alpha value is -4.07. The molecule has 4 rings (SSSR count). The fourth-order valence-electron chi connectivity index (χ4n) is 2.69. The van der Waals surface area contributed by atoms with Crippen LogP contribution in [-0.2, 0) is 11.3 Å². The summed E-state index contributed by atoms with van der Waals surface area (Å²) in [4.78, 5) is 16.3. The Morgan fingerprint density at radius 1 is 1.00 bits per heavy atom. The van der Waals surface area contributed by atoms with Crippen molar-refractivity contribution >= 4 is 5.91 Å². The number of nitrogens with zero attached hydrogens (tertiary/aromatic N) is 2. The third kappa shape index (κ3) is 4.67. The van der Waals surface area contributed by atoms with Crippen LogP contribution in [0.4, 0.5) is 0 Å². The Kier molecular flexibility index (Phi) is 5.75. The van der Waals surface area contributed by atoms with Gasteiger partial charge in [0.25, 0.3) is 11.8 Å². The van der Waals surface area contributed by atoms with Gasteiger partial charge in [0.15, 0.2) is 6.61 Å². The number of methoxy groups -OCH3 is 1. The number of carbonyl (C=O) groups is 1. The molecule has 0 saturated heterocycles. The summed E-state index contributed by atoms with van der Waals surface area (Å²) in [5.74, 6) is 2.64. The zero-order valence-electron chi connectivity index (χ0n) is 16.2. The van der Waals surface area contributed by atoms with E-state index in [4.69, 9.17) is 18.4 Å². The minimum Gasteiger partial charge on any atom is -0.497 e. The average molecular weight is 405 g/mol. The number of hydrogen-bond acceptors (Lipinski definition) is 7. The van der Waals surface area contributed by atoms with E-state index in [9.17, 15) is 4.79 Å². The standard InChI is InChI=1S/C22H19N3O5/c1-27-17-8-4-15(5-9-17)21-24-22(30-25-21)16-6-10-18(11-7-16)29-14-20(26)23-13-19-3-2-12-28-19/h2-12H,13-14H2,1H3,(H,23,26). The highest BCUT2D eigenvalue weighted by Crippen LogP contribution is 2.25. The molecule has 30 heavy (non-hydrogen) atoms. The van der Waals surface area contributed by atoms with Crippen LogP contribution in [0.2, 0.25) is 0 Å². The number of ether oxygens (including phenoxy) is 2. The molecule has 2 aromatic carbocycles. The molecule has 4 aromatic rings. The van der Waals surface area contributed by atoms with Crippen LogP contribution >= 0.6 is 0 Å². The molecule has 8 heteroatoms. The second-order valence-corrected chi connectivity index (χ2v) is 6.32. The maximum Gasteiger partial charge on any atom is 0.258 e. The molecular weight excluding hydrogens is 386 g/mol. The van der Waals surface area contributed by atoms with Gasteiger partial charge < -0.3 is 23.7 Å². The molecule has 8 nitrogen and oxygen atoms in total. The maximum atomic E-state index is 11.9. The molecule has 152 valence electrons. The first-order chi connectivity index (χ1) is 14.7. The van der Waals surface area contributed by atoms with Crippen LogP contribution in [-0.4, -0.2) is 29.8 Å². The van der Waals surface area contributed by atoms with Crippen molar-refractivity contribution in [1.29, 1.82) is 0 Å². The molecule has 0 unspecified atom stereocenters. The smallest absolute Gasteiger partial charge is 0.258 e. The molecular formula is C22H19N3O5. The molecule has 0 aliphatic rings. The van der Waals surface area contributed by atoms with Crippen LogP contribution in [0.25, 0.3) is 22.8 Å². The summed E-state index contributed by atoms with van der Waals surface area (Å²) >= 11 is 0. The van der Waals surface area contributed by atoms with E-state index >= 15 is 0 Å². The first kappa shape index (κ1) is 19.3. The normalized spacial score (nSPS) is 10.6. The molecule has 2 aromatic heterocycles. The van der Waals surface area contributed by atoms with Crippen molar-refractivity contribution in [3.63, 3.8) is 0 Å². The minimum atomic E-state index is -0.239. The average Bonchev–Trinajstić information content (AvgIpc) is 3.49. The molecule has 0 fully saturated rings. The lowest BCUT2D eigenvalue weighted by atomic mass is 10.2. The van der Waals surface area contributed by atoms with Crippen molar-refractivity contribution in [2.45, 2.75) is 6.54 Å². The van der Waals surface area contributed by atoms with Gasteiger partial charge in [-0.1, -0.05) is 5.16 Å². The van der Waals surface area contributed by atoms with E-state index in [1.54, 1.807) is 49.8 Å². The van der Waals surface area contributed by atoms with E-state index in [0.29, 0.717) is 29.8 Å². The van der Waals surface area contributed by atoms with Gasteiger partial charge in [0.2, 0.25) is 5.82 Å². The lowest BCUT2D eigenvalue weighted by Gasteiger charge is -2.06. The van der Waals surface area contributed by atoms with E-state index in [-0.39, 0.29) is 12.5 Å². The number of nitrogens with one attached hydrogen (secondary N) is 1. The molecule has 1 amide bonds. The van der Waals surface area contributed by atoms with Gasteiger partial charge in [-0.25, -0.2) is 0 Å². The van der Waals surface area contributed by atoms with Gasteiger partial charge >= 0.3 is 0 Å². The van der Waals surface area contributed by atoms with Crippen molar-refractivity contribution < 1.29 is 23.2 Å². The second-order valence-electron chi connectivity index (χ2n) is 6.32. The van der Waals surface area contributed by atoms with E-state index in [2.05, 4.69) is 15.5 Å². The van der Waals surface area contributed by atoms with E-state index in [1.807, 2.05) is 24.3 Å². The summed E-state index contributed by atoms with van der Waals surface area (Å²) in [6.07, 6.45) is 1.56. The number of amides is 1. The predicted molar refractivity (Wildman–Crippen MR) is 108 cm³/mol. The molecule has 1 N–H and O–H groups in total. The van der Waals surface area contributed by atoms with Crippen LogP contribution in [0.3, 0.4) is 0 Å². The van der Waals surface area contributed by atoms with Gasteiger partial charge in [0.1, 0.15) is 17.3 Å². The molecule has 0 saturated carbocycles. The highest BCUT2D eigenvalue weighted by Gasteiger charge is 2.11. The van der Waals surface area contributed by atoms with Gasteiger partial charge in [0.05, 0.1) is 19.9 Å². The molecule has 0 atom stereocenters. The largest absolute Gasteiger partial charge is 0.497 e. The van der Waals surface area contributed by atoms with Gasteiger partial charge in [-0.2, -0.15) is 4.98 Å². The maximum absolute atomic E-state index is 11.9. The molecule has 0 aliphatic carbocycles. The Morgan fingerprint density at radius 3 is 2.43 bits per heavy atom. The van der Waals surface area contributed by atoms with Gasteiger partial charge in [-0.15, -0.1) is 0 Å². The highest BCUT2D eigenvalue weighted by molar-refractivity contribution is 5.77. The zero-order chi connectivity index (χ0) is 20.8. The number of hydrogen-bond donors (Lipinski definition) is 1. The van der Waals surface area contributed by atoms with Crippen LogP contribution in [0, 0.1) is 0 Å². The van der Waals surface area contributed by atoms with Gasteiger partial charge in [-0.3, -0.25) is 4.79 Å². The van der Waals surface area contributed by atoms with E-state index in [1.165, 1.54) is 0 Å². The summed E-state index contributed by atoms with van der Waals surface area (Å²) in [5.41, 5.74) is 1.57. The second kappa shape index (κ2) is 8.95. The Labute approximate surface area is 172 Å². The molecule has 0 aliphatic heterocycles. The third-order valence-electron chi connectivity index (χ3n) is 4.29. The van der Waals surface area contributed by atoms with Crippen molar-refractivity contribution in [3.8, 4) is 34.3 Å². The van der Waals surface area contributed by atoms with E-state index < -0.39 is 0 Å². The SMILES string of the molecule is COc1ccc(-c2noc(-c3ccc(OCC(=O)NCc4ccco4)cc3)n2)cc1. The van der Waals surface area contributed by atoms with Crippen molar-refractivity contribution in [3.05, 3.63) is 72.7 Å². The molecule has 2 heterocycles. The summed E-state index contributed by atoms with van der Waals surface area (Å²) in [6, 6.07) is 18.0. The number of aromatic nitrogens is 2. The quantitative estimate of drug-likeness (QED) is 0.477. The lowest BCUT2D eigenvalue weighted by molar-refractivity contribution is -0.123. The Bertz CT molecular complexity index is 1090. The fourth-order valence-corrected chi connectivity index (χ4v) is 2.69. The van der Waals surface area contributed by atoms with Gasteiger partial charge in [-0.05, 0) is 60.7 Å². The fraction of sp³-hybridized carbons (Fsp3) is 0.136. The first-order valence-electron chi connectivity index (χ1n) is 9.22. The topological polar surface area (TPSA) is 99.6 Å². The van der Waals surface area contributed by atoms with Crippen LogP contribution in [0.5, 0.6) is 11.5 Å². The summed E-state index contributed by atoms with van der Waals surface area (Å²) in [7, 11) is 1.61. The third-order valence-corrected chi connectivity index (χ3v) is 4.29. The number of furan rings is 1. The number of benzene rings is 2. The molecule has 0 bridgehead atoms. The monoisotopic (exact) mass is 405 g/mol. The lowest BCUT2D eigenvalue weighted by Crippen LogP contribution is -2.28. The molecule has 0 radical (unpaired) electrons. The predicted octanol–water partition coefficient (Wildman–Crippen LogP) is 3.70. The van der Waals surface area contributed by atoms with Crippen molar-refractivity contribution in [2.75, 3.05) is 13.7 Å². The van der Waals surface area contributed by atoms with Gasteiger partial charge in [0, 0.05) is 11.1 Å². The Balaban J connectivity index is 1.33. The van der Waals surface area contributed by atoms with Crippen molar-refractivity contribution in [2.24, 2.45) is 0 Å². The van der Waals surface area contributed by atoms with Crippen LogP contribution in [0.1, 0.15) is 5.76 Å². The summed E-state index contributed by atoms with van der Waals surface area (Å²) < 4.78 is 21.2. The Morgan fingerprint density at radius 2 is 1.73 bits per heavy atom. The summed E-state index contributed by atoms with van der Waals surface area (Å²) in [6.45, 7) is 0.226. The minimum absolute atomic E-state index is 0.0950. The zero-order valence-corrected chi connectivity index (χ0v) is 16.2. The van der Waals surface area contributed by atoms with Crippen LogP contribution in [0.15, 0.2) is 75.9 Å². The summed E-state index contributed by atoms with van der Waals surface area (Å²) in [5, 5.41) is 6.74. The number of carbonyl (C=O) groups excluding carboxylic acids is 1. The van der Waals surface area contributed by atoms with E-state index in [0.717, 1.165) is 16.9 Å². The number of rotatable bonds is 8. The molecule has 0 spiro atoms. The van der Waals surface area contributed by atoms with Crippen molar-refractivity contribution in [1.82, 2.24) is 15.5 Å². The van der Waals surface area contributed by atoms with Crippen LogP contribution < -0.4 is 14.8 Å². The first-order valence-corrected chi connectivity index (χ1v) is 9.22.